The number of thioether (sulfide) groups is 1. The number of benzene rings is 1. The minimum atomic E-state index is -0.0242. The predicted octanol–water partition coefficient (Wildman–Crippen LogP) is 3.80. The zero-order chi connectivity index (χ0) is 20.4. The first kappa shape index (κ1) is 20.0. The third-order valence-corrected chi connectivity index (χ3v) is 7.16. The molecule has 1 amide bonds. The maximum absolute atomic E-state index is 12.5. The third-order valence-electron chi connectivity index (χ3n) is 5.00. The lowest BCUT2D eigenvalue weighted by molar-refractivity contribution is -0.115. The number of thiophene rings is 1. The van der Waals surface area contributed by atoms with Gasteiger partial charge < -0.3 is 15.2 Å². The van der Waals surface area contributed by atoms with E-state index in [2.05, 4.69) is 15.3 Å². The standard InChI is InChI=1S/C21H24N4O2S2/c1-25(2)14-8-6-13(7-9-14)22-18(26)10-11-28-12-17-23-20(27)19-15-4-3-5-16(15)29-21(19)24-17/h6-9H,3-5,10-12H2,1-2H3,(H,22,26)(H,23,24,27). The fraction of sp³-hybridized carbons (Fsp3) is 0.381. The van der Waals surface area contributed by atoms with Crippen LogP contribution in [-0.2, 0) is 23.4 Å². The van der Waals surface area contributed by atoms with E-state index in [4.69, 9.17) is 0 Å². The molecule has 8 heteroatoms. The Hall–Kier alpha value is -2.32. The van der Waals surface area contributed by atoms with Crippen LogP contribution in [0.2, 0.25) is 0 Å². The summed E-state index contributed by atoms with van der Waals surface area (Å²) in [5.41, 5.74) is 3.07. The summed E-state index contributed by atoms with van der Waals surface area (Å²) in [5.74, 6) is 1.94. The molecule has 6 nitrogen and oxygen atoms in total. The number of fused-ring (bicyclic) bond motifs is 3. The Kier molecular flexibility index (Phi) is 5.91. The summed E-state index contributed by atoms with van der Waals surface area (Å²) < 4.78 is 0. The first-order valence-electron chi connectivity index (χ1n) is 9.69. The van der Waals surface area contributed by atoms with Crippen LogP contribution in [-0.4, -0.2) is 35.7 Å². The Morgan fingerprint density at radius 3 is 2.83 bits per heavy atom. The fourth-order valence-electron chi connectivity index (χ4n) is 3.52. The molecule has 3 aromatic rings. The second kappa shape index (κ2) is 8.59. The molecule has 0 spiro atoms. The molecule has 0 saturated heterocycles. The van der Waals surface area contributed by atoms with Gasteiger partial charge in [0.2, 0.25) is 5.91 Å². The first-order chi connectivity index (χ1) is 14.0. The zero-order valence-corrected chi connectivity index (χ0v) is 18.2. The molecule has 0 atom stereocenters. The molecule has 2 N–H and O–H groups in total. The second-order valence-electron chi connectivity index (χ2n) is 7.34. The van der Waals surface area contributed by atoms with Crippen molar-refractivity contribution in [2.45, 2.75) is 31.4 Å². The maximum atomic E-state index is 12.5. The molecule has 1 aliphatic carbocycles. The van der Waals surface area contributed by atoms with Crippen molar-refractivity contribution in [1.29, 1.82) is 0 Å². The number of rotatable bonds is 7. The smallest absolute Gasteiger partial charge is 0.259 e. The van der Waals surface area contributed by atoms with Gasteiger partial charge in [0.05, 0.1) is 11.1 Å². The van der Waals surface area contributed by atoms with E-state index in [0.717, 1.165) is 40.9 Å². The number of anilines is 2. The minimum absolute atomic E-state index is 0.0123. The van der Waals surface area contributed by atoms with Gasteiger partial charge in [-0.1, -0.05) is 0 Å². The molecule has 0 radical (unpaired) electrons. The monoisotopic (exact) mass is 428 g/mol. The highest BCUT2D eigenvalue weighted by molar-refractivity contribution is 7.98. The van der Waals surface area contributed by atoms with E-state index in [0.29, 0.717) is 23.8 Å². The number of aryl methyl sites for hydroxylation is 2. The van der Waals surface area contributed by atoms with E-state index in [9.17, 15) is 9.59 Å². The summed E-state index contributed by atoms with van der Waals surface area (Å²) in [7, 11) is 3.96. The van der Waals surface area contributed by atoms with Gasteiger partial charge in [0.25, 0.3) is 5.56 Å². The molecule has 2 aromatic heterocycles. The van der Waals surface area contributed by atoms with Gasteiger partial charge in [-0.2, -0.15) is 11.8 Å². The van der Waals surface area contributed by atoms with E-state index < -0.39 is 0 Å². The lowest BCUT2D eigenvalue weighted by Crippen LogP contribution is -2.13. The van der Waals surface area contributed by atoms with Crippen LogP contribution >= 0.6 is 23.1 Å². The average molecular weight is 429 g/mol. The van der Waals surface area contributed by atoms with Gasteiger partial charge in [-0.25, -0.2) is 4.98 Å². The maximum Gasteiger partial charge on any atom is 0.259 e. The molecule has 0 unspecified atom stereocenters. The van der Waals surface area contributed by atoms with E-state index in [-0.39, 0.29) is 11.5 Å². The molecule has 0 saturated carbocycles. The molecule has 2 heterocycles. The van der Waals surface area contributed by atoms with Crippen molar-refractivity contribution in [2.24, 2.45) is 0 Å². The molecule has 0 fully saturated rings. The van der Waals surface area contributed by atoms with E-state index in [1.807, 2.05) is 43.3 Å². The summed E-state index contributed by atoms with van der Waals surface area (Å²) in [6, 6.07) is 7.76. The van der Waals surface area contributed by atoms with Crippen LogP contribution in [0.1, 0.15) is 29.1 Å². The number of amides is 1. The number of nitrogens with one attached hydrogen (secondary N) is 2. The van der Waals surface area contributed by atoms with Crippen LogP contribution in [0.15, 0.2) is 29.1 Å². The molecule has 1 aromatic carbocycles. The number of H-pyrrole nitrogens is 1. The Labute approximate surface area is 177 Å². The van der Waals surface area contributed by atoms with Gasteiger partial charge in [-0.15, -0.1) is 11.3 Å². The van der Waals surface area contributed by atoms with E-state index in [1.165, 1.54) is 10.4 Å². The van der Waals surface area contributed by atoms with Crippen molar-refractivity contribution in [3.8, 4) is 0 Å². The number of hydrogen-bond acceptors (Lipinski definition) is 6. The van der Waals surface area contributed by atoms with Crippen molar-refractivity contribution in [1.82, 2.24) is 9.97 Å². The summed E-state index contributed by atoms with van der Waals surface area (Å²) in [6.45, 7) is 0. The fourth-order valence-corrected chi connectivity index (χ4v) is 5.60. The van der Waals surface area contributed by atoms with Gasteiger partial charge >= 0.3 is 0 Å². The van der Waals surface area contributed by atoms with Gasteiger partial charge in [0, 0.05) is 42.5 Å². The number of aromatic nitrogens is 2. The van der Waals surface area contributed by atoms with Crippen LogP contribution in [0.25, 0.3) is 10.2 Å². The zero-order valence-electron chi connectivity index (χ0n) is 16.6. The topological polar surface area (TPSA) is 78.1 Å². The van der Waals surface area contributed by atoms with Crippen LogP contribution < -0.4 is 15.8 Å². The van der Waals surface area contributed by atoms with Crippen molar-refractivity contribution in [3.05, 3.63) is 50.9 Å². The second-order valence-corrected chi connectivity index (χ2v) is 9.53. The predicted molar refractivity (Wildman–Crippen MR) is 122 cm³/mol. The summed E-state index contributed by atoms with van der Waals surface area (Å²) in [5, 5.41) is 3.71. The number of nitrogens with zero attached hydrogens (tertiary/aromatic N) is 2. The number of aromatic amines is 1. The van der Waals surface area contributed by atoms with Gasteiger partial charge in [-0.05, 0) is 49.1 Å². The van der Waals surface area contributed by atoms with Gasteiger partial charge in [0.1, 0.15) is 10.7 Å². The molecular formula is C21H24N4O2S2. The molecule has 1 aliphatic rings. The van der Waals surface area contributed by atoms with E-state index >= 15 is 0 Å². The Morgan fingerprint density at radius 1 is 1.28 bits per heavy atom. The quantitative estimate of drug-likeness (QED) is 0.560. The summed E-state index contributed by atoms with van der Waals surface area (Å²) in [6.07, 6.45) is 3.60. The minimum Gasteiger partial charge on any atom is -0.378 e. The number of hydrogen-bond donors (Lipinski definition) is 2. The lowest BCUT2D eigenvalue weighted by Gasteiger charge is -2.13. The van der Waals surface area contributed by atoms with Crippen LogP contribution in [0.5, 0.6) is 0 Å². The summed E-state index contributed by atoms with van der Waals surface area (Å²) >= 11 is 3.26. The Bertz CT molecular complexity index is 1090. The molecular weight excluding hydrogens is 404 g/mol. The Morgan fingerprint density at radius 2 is 2.07 bits per heavy atom. The molecule has 0 aliphatic heterocycles. The van der Waals surface area contributed by atoms with Crippen molar-refractivity contribution >= 4 is 50.6 Å². The summed E-state index contributed by atoms with van der Waals surface area (Å²) in [4.78, 5) is 36.4. The molecule has 4 rings (SSSR count). The van der Waals surface area contributed by atoms with Crippen molar-refractivity contribution < 1.29 is 4.79 Å². The van der Waals surface area contributed by atoms with E-state index in [1.54, 1.807) is 23.1 Å². The average Bonchev–Trinajstić information content (AvgIpc) is 3.26. The first-order valence-corrected chi connectivity index (χ1v) is 11.7. The van der Waals surface area contributed by atoms with Gasteiger partial charge in [-0.3, -0.25) is 9.59 Å². The van der Waals surface area contributed by atoms with Crippen molar-refractivity contribution in [2.75, 3.05) is 30.1 Å². The highest BCUT2D eigenvalue weighted by Gasteiger charge is 2.21. The van der Waals surface area contributed by atoms with Gasteiger partial charge in [0.15, 0.2) is 0 Å². The number of carbonyl (C=O) groups excluding carboxylic acids is 1. The van der Waals surface area contributed by atoms with Crippen LogP contribution in [0.3, 0.4) is 0 Å². The third kappa shape index (κ3) is 4.48. The SMILES string of the molecule is CN(C)c1ccc(NC(=O)CCSCc2nc3sc4c(c3c(=O)[nH]2)CCC4)cc1. The number of carbonyl (C=O) groups is 1. The molecule has 152 valence electrons. The van der Waals surface area contributed by atoms with Crippen LogP contribution in [0, 0.1) is 0 Å². The Balaban J connectivity index is 1.28. The molecule has 0 bridgehead atoms. The molecule has 29 heavy (non-hydrogen) atoms. The lowest BCUT2D eigenvalue weighted by atomic mass is 10.2. The largest absolute Gasteiger partial charge is 0.378 e. The highest BCUT2D eigenvalue weighted by Crippen LogP contribution is 2.34. The van der Waals surface area contributed by atoms with Crippen molar-refractivity contribution in [3.63, 3.8) is 0 Å². The normalized spacial score (nSPS) is 12.9. The van der Waals surface area contributed by atoms with Crippen LogP contribution in [0.4, 0.5) is 11.4 Å². The highest BCUT2D eigenvalue weighted by atomic mass is 32.2.